The van der Waals surface area contributed by atoms with Gasteiger partial charge < -0.3 is 5.73 Å². The summed E-state index contributed by atoms with van der Waals surface area (Å²) in [5.74, 6) is -1.22. The lowest BCUT2D eigenvalue weighted by Crippen LogP contribution is -2.25. The van der Waals surface area contributed by atoms with Crippen LogP contribution >= 0.6 is 12.4 Å². The van der Waals surface area contributed by atoms with E-state index in [1.54, 1.807) is 19.1 Å². The quantitative estimate of drug-likeness (QED) is 0.857. The zero-order valence-electron chi connectivity index (χ0n) is 10.6. The summed E-state index contributed by atoms with van der Waals surface area (Å²) >= 11 is 0. The Morgan fingerprint density at radius 2 is 1.72 bits per heavy atom. The highest BCUT2D eigenvalue weighted by molar-refractivity contribution is 5.85. The summed E-state index contributed by atoms with van der Waals surface area (Å²) in [6, 6.07) is 2.87. The van der Waals surface area contributed by atoms with Gasteiger partial charge in [0.15, 0.2) is 11.6 Å². The number of nitrogens with two attached hydrogens (primary N) is 1. The molecule has 2 rings (SSSR count). The van der Waals surface area contributed by atoms with Crippen LogP contribution in [-0.4, -0.2) is 0 Å². The molecular weight excluding hydrogens is 256 g/mol. The molecule has 1 aliphatic carbocycles. The molecule has 2 N–H and O–H groups in total. The summed E-state index contributed by atoms with van der Waals surface area (Å²) in [4.78, 5) is 0. The molecule has 1 saturated carbocycles. The van der Waals surface area contributed by atoms with Crippen molar-refractivity contribution in [2.24, 2.45) is 11.7 Å². The number of aryl methyl sites for hydroxylation is 1. The van der Waals surface area contributed by atoms with Gasteiger partial charge >= 0.3 is 0 Å². The third kappa shape index (κ3) is 3.01. The SMILES string of the molecule is Cc1ccc([C@@H](N)C2CCCCC2)c(F)c1F.Cl. The fourth-order valence-electron chi connectivity index (χ4n) is 2.67. The van der Waals surface area contributed by atoms with E-state index in [1.807, 2.05) is 0 Å². The first-order valence-corrected chi connectivity index (χ1v) is 6.31. The van der Waals surface area contributed by atoms with Crippen molar-refractivity contribution in [3.63, 3.8) is 0 Å². The molecule has 0 bridgehead atoms. The molecule has 1 nitrogen and oxygen atoms in total. The van der Waals surface area contributed by atoms with E-state index < -0.39 is 11.6 Å². The highest BCUT2D eigenvalue weighted by atomic mass is 35.5. The Morgan fingerprint density at radius 1 is 1.11 bits per heavy atom. The zero-order chi connectivity index (χ0) is 12.4. The molecule has 1 fully saturated rings. The maximum Gasteiger partial charge on any atom is 0.163 e. The maximum atomic E-state index is 13.8. The van der Waals surface area contributed by atoms with Crippen molar-refractivity contribution in [3.05, 3.63) is 34.9 Å². The van der Waals surface area contributed by atoms with Gasteiger partial charge in [0.2, 0.25) is 0 Å². The van der Waals surface area contributed by atoms with E-state index in [9.17, 15) is 8.78 Å². The first-order chi connectivity index (χ1) is 8.11. The Bertz CT molecular complexity index is 403. The maximum absolute atomic E-state index is 13.8. The molecule has 1 aliphatic rings. The lowest BCUT2D eigenvalue weighted by Gasteiger charge is -2.28. The molecule has 1 aromatic carbocycles. The van der Waals surface area contributed by atoms with E-state index >= 15 is 0 Å². The smallest absolute Gasteiger partial charge is 0.163 e. The molecule has 1 atom stereocenters. The Kier molecular flexibility index (Phi) is 5.54. The zero-order valence-corrected chi connectivity index (χ0v) is 11.4. The van der Waals surface area contributed by atoms with Crippen LogP contribution in [0.4, 0.5) is 8.78 Å². The summed E-state index contributed by atoms with van der Waals surface area (Å²) in [7, 11) is 0. The molecule has 0 aliphatic heterocycles. The fraction of sp³-hybridized carbons (Fsp3) is 0.571. The summed E-state index contributed by atoms with van der Waals surface area (Å²) in [5.41, 5.74) is 6.75. The number of benzene rings is 1. The second-order valence-corrected chi connectivity index (χ2v) is 5.02. The van der Waals surface area contributed by atoms with Crippen LogP contribution in [0.2, 0.25) is 0 Å². The Hall–Kier alpha value is -0.670. The van der Waals surface area contributed by atoms with Crippen molar-refractivity contribution in [1.82, 2.24) is 0 Å². The fourth-order valence-corrected chi connectivity index (χ4v) is 2.67. The third-order valence-electron chi connectivity index (χ3n) is 3.82. The number of rotatable bonds is 2. The van der Waals surface area contributed by atoms with Crippen LogP contribution in [0.5, 0.6) is 0 Å². The van der Waals surface area contributed by atoms with Crippen molar-refractivity contribution in [2.45, 2.75) is 45.1 Å². The molecule has 102 valence electrons. The summed E-state index contributed by atoms with van der Waals surface area (Å²) < 4.78 is 27.3. The van der Waals surface area contributed by atoms with Gasteiger partial charge in [-0.25, -0.2) is 8.78 Å². The standard InChI is InChI=1S/C14H19F2N.ClH/c1-9-7-8-11(13(16)12(9)15)14(17)10-5-3-2-4-6-10;/h7-8,10,14H,2-6,17H2,1H3;1H/t14-;/m0./s1. The van der Waals surface area contributed by atoms with Crippen molar-refractivity contribution >= 4 is 12.4 Å². The van der Waals surface area contributed by atoms with Gasteiger partial charge in [-0.2, -0.15) is 0 Å². The first-order valence-electron chi connectivity index (χ1n) is 6.31. The molecule has 4 heteroatoms. The number of hydrogen-bond acceptors (Lipinski definition) is 1. The van der Waals surface area contributed by atoms with Gasteiger partial charge in [0.1, 0.15) is 0 Å². The van der Waals surface area contributed by atoms with E-state index in [4.69, 9.17) is 5.73 Å². The number of hydrogen-bond donors (Lipinski definition) is 1. The largest absolute Gasteiger partial charge is 0.324 e. The van der Waals surface area contributed by atoms with E-state index in [0.29, 0.717) is 17.0 Å². The minimum Gasteiger partial charge on any atom is -0.324 e. The molecule has 0 heterocycles. The summed E-state index contributed by atoms with van der Waals surface area (Å²) in [6.07, 6.45) is 5.57. The monoisotopic (exact) mass is 275 g/mol. The van der Waals surface area contributed by atoms with Crippen LogP contribution < -0.4 is 5.73 Å². The number of halogens is 3. The molecule has 18 heavy (non-hydrogen) atoms. The Morgan fingerprint density at radius 3 is 2.33 bits per heavy atom. The minimum absolute atomic E-state index is 0. The van der Waals surface area contributed by atoms with Gasteiger partial charge in [-0.1, -0.05) is 31.4 Å². The molecule has 0 radical (unpaired) electrons. The van der Waals surface area contributed by atoms with Gasteiger partial charge in [0.05, 0.1) is 0 Å². The summed E-state index contributed by atoms with van der Waals surface area (Å²) in [5, 5.41) is 0. The Balaban J connectivity index is 0.00000162. The van der Waals surface area contributed by atoms with Crippen molar-refractivity contribution in [3.8, 4) is 0 Å². The van der Waals surface area contributed by atoms with E-state index in [1.165, 1.54) is 6.42 Å². The van der Waals surface area contributed by atoms with Crippen LogP contribution in [-0.2, 0) is 0 Å². The first kappa shape index (κ1) is 15.4. The molecule has 0 aromatic heterocycles. The van der Waals surface area contributed by atoms with Crippen LogP contribution in [0.3, 0.4) is 0 Å². The average Bonchev–Trinajstić information content (AvgIpc) is 2.36. The van der Waals surface area contributed by atoms with E-state index in [-0.39, 0.29) is 18.4 Å². The highest BCUT2D eigenvalue weighted by Crippen LogP contribution is 2.34. The van der Waals surface area contributed by atoms with Crippen molar-refractivity contribution < 1.29 is 8.78 Å². The van der Waals surface area contributed by atoms with Gasteiger partial charge in [-0.15, -0.1) is 12.4 Å². The van der Waals surface area contributed by atoms with Crippen LogP contribution in [0.1, 0.15) is 49.3 Å². The topological polar surface area (TPSA) is 26.0 Å². The van der Waals surface area contributed by atoms with Crippen molar-refractivity contribution in [2.75, 3.05) is 0 Å². The lowest BCUT2D eigenvalue weighted by molar-refractivity contribution is 0.301. The Labute approximate surface area is 113 Å². The normalized spacial score (nSPS) is 18.2. The van der Waals surface area contributed by atoms with Gasteiger partial charge in [0, 0.05) is 11.6 Å². The predicted octanol–water partition coefficient (Wildman–Crippen LogP) is 4.28. The van der Waals surface area contributed by atoms with Gasteiger partial charge in [-0.3, -0.25) is 0 Å². The van der Waals surface area contributed by atoms with Crippen LogP contribution in [0, 0.1) is 24.5 Å². The molecule has 0 unspecified atom stereocenters. The van der Waals surface area contributed by atoms with E-state index in [0.717, 1.165) is 25.7 Å². The second-order valence-electron chi connectivity index (χ2n) is 5.02. The van der Waals surface area contributed by atoms with Gasteiger partial charge in [-0.05, 0) is 31.2 Å². The highest BCUT2D eigenvalue weighted by Gasteiger charge is 2.25. The molecule has 1 aromatic rings. The predicted molar refractivity (Wildman–Crippen MR) is 71.8 cm³/mol. The van der Waals surface area contributed by atoms with E-state index in [2.05, 4.69) is 0 Å². The third-order valence-corrected chi connectivity index (χ3v) is 3.82. The van der Waals surface area contributed by atoms with Crippen molar-refractivity contribution in [1.29, 1.82) is 0 Å². The van der Waals surface area contributed by atoms with Gasteiger partial charge in [0.25, 0.3) is 0 Å². The van der Waals surface area contributed by atoms with Crippen LogP contribution in [0.15, 0.2) is 12.1 Å². The molecule has 0 spiro atoms. The molecule has 0 saturated heterocycles. The molecule has 0 amide bonds. The van der Waals surface area contributed by atoms with Crippen LogP contribution in [0.25, 0.3) is 0 Å². The average molecular weight is 276 g/mol. The second kappa shape index (κ2) is 6.48. The lowest BCUT2D eigenvalue weighted by atomic mass is 9.81. The molecular formula is C14H20ClF2N. The minimum atomic E-state index is -0.761. The summed E-state index contributed by atoms with van der Waals surface area (Å²) in [6.45, 7) is 1.56.